The highest BCUT2D eigenvalue weighted by Gasteiger charge is 2.54. The lowest BCUT2D eigenvalue weighted by molar-refractivity contribution is -0.287. The van der Waals surface area contributed by atoms with E-state index in [0.29, 0.717) is 30.3 Å². The molecule has 0 amide bonds. The van der Waals surface area contributed by atoms with E-state index in [-0.39, 0.29) is 6.08 Å². The lowest BCUT2D eigenvalue weighted by atomic mass is 9.80. The molecule has 1 fully saturated rings. The van der Waals surface area contributed by atoms with Crippen molar-refractivity contribution in [3.05, 3.63) is 69.8 Å². The van der Waals surface area contributed by atoms with Crippen molar-refractivity contribution in [1.82, 2.24) is 0 Å². The van der Waals surface area contributed by atoms with Gasteiger partial charge in [-0.05, 0) is 30.3 Å². The lowest BCUT2D eigenvalue weighted by Crippen LogP contribution is -2.62. The Morgan fingerprint density at radius 3 is 1.62 bits per heavy atom. The number of hydrogen-bond acceptors (Lipinski definition) is 26. The van der Waals surface area contributed by atoms with Crippen molar-refractivity contribution in [2.75, 3.05) is 6.61 Å². The van der Waals surface area contributed by atoms with E-state index < -0.39 is 205 Å². The number of phenols is 12. The normalized spacial score (nSPS) is 22.1. The third kappa shape index (κ3) is 8.11. The number of cyclic esters (lactones) is 2. The van der Waals surface area contributed by atoms with E-state index in [0.717, 1.165) is 0 Å². The van der Waals surface area contributed by atoms with Crippen LogP contribution in [0.4, 0.5) is 0 Å². The number of carboxylic acids is 2. The third-order valence-corrected chi connectivity index (χ3v) is 10.7. The Labute approximate surface area is 379 Å². The lowest BCUT2D eigenvalue weighted by Gasteiger charge is -2.43. The summed E-state index contributed by atoms with van der Waals surface area (Å²) < 4.78 is 32.0. The second-order valence-corrected chi connectivity index (χ2v) is 14.8. The van der Waals surface area contributed by atoms with Crippen LogP contribution in [0.2, 0.25) is 0 Å². The molecule has 4 aromatic carbocycles. The highest BCUT2D eigenvalue weighted by molar-refractivity contribution is 6.09. The Morgan fingerprint density at radius 2 is 1.09 bits per heavy atom. The van der Waals surface area contributed by atoms with Crippen LogP contribution in [-0.2, 0) is 42.8 Å². The molecule has 362 valence electrons. The summed E-state index contributed by atoms with van der Waals surface area (Å²) in [6.45, 7) is -1.39. The molecule has 0 aromatic heterocycles. The fourth-order valence-corrected chi connectivity index (χ4v) is 7.49. The summed E-state index contributed by atoms with van der Waals surface area (Å²) in [4.78, 5) is 93.8. The van der Waals surface area contributed by atoms with E-state index in [1.807, 2.05) is 0 Å². The maximum absolute atomic E-state index is 14.5. The van der Waals surface area contributed by atoms with Gasteiger partial charge < -0.3 is 105 Å². The molecule has 1 saturated heterocycles. The van der Waals surface area contributed by atoms with Gasteiger partial charge in [-0.25, -0.2) is 33.6 Å². The first-order chi connectivity index (χ1) is 32.3. The summed E-state index contributed by atoms with van der Waals surface area (Å²) in [5.74, 6) is -31.5. The van der Waals surface area contributed by atoms with Gasteiger partial charge >= 0.3 is 41.8 Å². The van der Waals surface area contributed by atoms with Crippen LogP contribution in [0.15, 0.2) is 42.0 Å². The van der Waals surface area contributed by atoms with Crippen LogP contribution >= 0.6 is 0 Å². The summed E-state index contributed by atoms with van der Waals surface area (Å²) in [6.07, 6.45) is -15.5. The number of aliphatic hydroxyl groups excluding tert-OH is 1. The fourth-order valence-electron chi connectivity index (χ4n) is 7.49. The maximum atomic E-state index is 14.5. The second kappa shape index (κ2) is 17.3. The number of benzene rings is 4. The second-order valence-electron chi connectivity index (χ2n) is 14.8. The van der Waals surface area contributed by atoms with E-state index in [1.165, 1.54) is 0 Å². The van der Waals surface area contributed by atoms with Gasteiger partial charge in [0.25, 0.3) is 0 Å². The third-order valence-electron chi connectivity index (χ3n) is 10.7. The van der Waals surface area contributed by atoms with Crippen molar-refractivity contribution in [1.29, 1.82) is 0 Å². The van der Waals surface area contributed by atoms with Gasteiger partial charge in [-0.1, -0.05) is 0 Å². The first kappa shape index (κ1) is 47.4. The number of ether oxygens (including phenoxy) is 6. The van der Waals surface area contributed by atoms with Crippen LogP contribution in [-0.4, -0.2) is 162 Å². The first-order valence-corrected chi connectivity index (χ1v) is 18.9. The SMILES string of the molecule is O=C(O)/C=C(\C(=O)OC1C2COC(=O)c3cc(O)c(O)c(O)c3-c3c(cc(O)c(O)c3O)C(=O)OC1C(O)C(OC(=O)c1cc(O)c(O)c(O)c1)O2)C1c2c(cc(O)c(O)c2O)C(=O)OC1C(=O)O. The van der Waals surface area contributed by atoms with Crippen LogP contribution in [0.5, 0.6) is 69.0 Å². The number of fused-ring (bicyclic) bond motifs is 6. The van der Waals surface area contributed by atoms with Crippen LogP contribution in [0.25, 0.3) is 11.1 Å². The Hall–Kier alpha value is -9.57. The van der Waals surface area contributed by atoms with Crippen molar-refractivity contribution in [2.45, 2.75) is 42.7 Å². The number of aliphatic carboxylic acids is 2. The molecule has 0 aliphatic carbocycles. The topological polar surface area (TPSA) is 478 Å². The highest BCUT2D eigenvalue weighted by atomic mass is 16.7. The zero-order chi connectivity index (χ0) is 50.8. The Balaban J connectivity index is 1.41. The van der Waals surface area contributed by atoms with E-state index in [4.69, 9.17) is 28.4 Å². The number of aromatic hydroxyl groups is 12. The fraction of sp³-hybridized carbons (Fsp3) is 0.195. The van der Waals surface area contributed by atoms with E-state index >= 15 is 0 Å². The van der Waals surface area contributed by atoms with Crippen molar-refractivity contribution >= 4 is 41.8 Å². The molecule has 3 heterocycles. The number of rotatable bonds is 7. The predicted octanol–water partition coefficient (Wildman–Crippen LogP) is -0.210. The average molecular weight is 971 g/mol. The number of hydrogen-bond donors (Lipinski definition) is 15. The minimum Gasteiger partial charge on any atom is -0.504 e. The number of phenolic OH excluding ortho intramolecular Hbond substituents is 12. The molecular formula is C41H30O28. The average Bonchev–Trinajstić information content (AvgIpc) is 3.28. The maximum Gasteiger partial charge on any atom is 0.346 e. The number of carbonyl (C=O) groups is 7. The van der Waals surface area contributed by atoms with Gasteiger partial charge in [0.2, 0.25) is 29.6 Å². The van der Waals surface area contributed by atoms with Crippen molar-refractivity contribution < 1.29 is 139 Å². The molecule has 4 aromatic rings. The smallest absolute Gasteiger partial charge is 0.346 e. The number of aliphatic hydroxyl groups is 1. The number of esters is 5. The zero-order valence-electron chi connectivity index (χ0n) is 33.7. The van der Waals surface area contributed by atoms with Gasteiger partial charge in [0.15, 0.2) is 70.1 Å². The summed E-state index contributed by atoms with van der Waals surface area (Å²) in [7, 11) is 0. The number of carbonyl (C=O) groups excluding carboxylic acids is 5. The van der Waals surface area contributed by atoms with Crippen LogP contribution in [0, 0.1) is 0 Å². The Morgan fingerprint density at radius 1 is 0.594 bits per heavy atom. The quantitative estimate of drug-likeness (QED) is 0.0493. The van der Waals surface area contributed by atoms with Gasteiger partial charge in [-0.2, -0.15) is 0 Å². The summed E-state index contributed by atoms with van der Waals surface area (Å²) in [5.41, 5.74) is -8.70. The van der Waals surface area contributed by atoms with Gasteiger partial charge in [0.1, 0.15) is 12.7 Å². The minimum atomic E-state index is -2.71. The Bertz CT molecular complexity index is 2950. The molecule has 15 N–H and O–H groups in total. The van der Waals surface area contributed by atoms with Gasteiger partial charge in [0, 0.05) is 22.8 Å². The molecule has 0 radical (unpaired) electrons. The van der Waals surface area contributed by atoms with Crippen LogP contribution < -0.4 is 0 Å². The molecule has 3 aliphatic heterocycles. The standard InChI is InChI=1S/C41H30O28/c42-13-1-8(2-14(43)24(13)49)36(59)69-41-31(56)34-32(66-40(63)12(6-19(47)48)23-22-11(5-17(46)27(52)30(22)55)38(61)67-33(23)35(57)58)18(65-41)7-64-37(60)9-3-15(44)25(50)28(53)20(9)21-10(39(62)68-34)4-16(45)26(51)29(21)54/h1-6,18,23,31-34,41-46,49-56H,7H2,(H,47,48)(H,57,58)/b12-6-. The highest BCUT2D eigenvalue weighted by Crippen LogP contribution is 2.54. The monoisotopic (exact) mass is 970 g/mol. The summed E-state index contributed by atoms with van der Waals surface area (Å²) >= 11 is 0. The molecule has 7 rings (SSSR count). The molecule has 2 bridgehead atoms. The van der Waals surface area contributed by atoms with Gasteiger partial charge in [-0.3, -0.25) is 0 Å². The molecular weight excluding hydrogens is 940 g/mol. The van der Waals surface area contributed by atoms with E-state index in [9.17, 15) is 110 Å². The Kier molecular flexibility index (Phi) is 11.9. The zero-order valence-corrected chi connectivity index (χ0v) is 33.7. The van der Waals surface area contributed by atoms with Gasteiger partial charge in [0.05, 0.1) is 33.7 Å². The minimum absolute atomic E-state index is 0.0453. The molecule has 7 unspecified atom stereocenters. The van der Waals surface area contributed by atoms with E-state index in [1.54, 1.807) is 0 Å². The first-order valence-electron chi connectivity index (χ1n) is 18.9. The molecule has 69 heavy (non-hydrogen) atoms. The predicted molar refractivity (Wildman–Crippen MR) is 209 cm³/mol. The molecule has 3 aliphatic rings. The largest absolute Gasteiger partial charge is 0.504 e. The van der Waals surface area contributed by atoms with Gasteiger partial charge in [-0.15, -0.1) is 0 Å². The molecule has 28 nitrogen and oxygen atoms in total. The molecule has 0 spiro atoms. The molecule has 0 saturated carbocycles. The molecule has 7 atom stereocenters. The molecule has 28 heteroatoms. The van der Waals surface area contributed by atoms with Crippen molar-refractivity contribution in [3.63, 3.8) is 0 Å². The van der Waals surface area contributed by atoms with Crippen LogP contribution in [0.1, 0.15) is 52.9 Å². The van der Waals surface area contributed by atoms with Crippen molar-refractivity contribution in [2.24, 2.45) is 0 Å². The van der Waals surface area contributed by atoms with E-state index in [2.05, 4.69) is 0 Å². The van der Waals surface area contributed by atoms with Crippen LogP contribution in [0.3, 0.4) is 0 Å². The summed E-state index contributed by atoms with van der Waals surface area (Å²) in [5, 5.41) is 157. The van der Waals surface area contributed by atoms with Crippen molar-refractivity contribution in [3.8, 4) is 80.1 Å². The summed E-state index contributed by atoms with van der Waals surface area (Å²) in [6, 6.07) is 2.27. The number of carboxylic acid groups (broad SMARTS) is 2.